The Bertz CT molecular complexity index is 971. The summed E-state index contributed by atoms with van der Waals surface area (Å²) < 4.78 is 3.06. The van der Waals surface area contributed by atoms with Crippen molar-refractivity contribution in [1.82, 2.24) is 19.3 Å². The lowest BCUT2D eigenvalue weighted by Crippen LogP contribution is -2.28. The molecule has 3 aromatic rings. The summed E-state index contributed by atoms with van der Waals surface area (Å²) in [5.41, 5.74) is 1.38. The SMILES string of the molecule is Cc1cccc2c(=O)n(CC(=O)Nc3ccnn3CC(C)C)cnc12. The fourth-order valence-electron chi connectivity index (χ4n) is 2.72. The van der Waals surface area contributed by atoms with Crippen molar-refractivity contribution in [2.24, 2.45) is 5.92 Å². The van der Waals surface area contributed by atoms with Gasteiger partial charge in [0.2, 0.25) is 5.91 Å². The van der Waals surface area contributed by atoms with Crippen LogP contribution >= 0.6 is 0 Å². The number of fused-ring (bicyclic) bond motifs is 1. The van der Waals surface area contributed by atoms with Crippen LogP contribution in [0.2, 0.25) is 0 Å². The first kappa shape index (κ1) is 16.9. The molecule has 3 rings (SSSR count). The zero-order chi connectivity index (χ0) is 18.0. The van der Waals surface area contributed by atoms with E-state index in [0.29, 0.717) is 29.2 Å². The number of benzene rings is 1. The Kier molecular flexibility index (Phi) is 4.65. The molecule has 0 saturated carbocycles. The number of amides is 1. The van der Waals surface area contributed by atoms with Crippen LogP contribution in [0.1, 0.15) is 19.4 Å². The maximum absolute atomic E-state index is 12.6. The zero-order valence-electron chi connectivity index (χ0n) is 14.6. The lowest BCUT2D eigenvalue weighted by molar-refractivity contribution is -0.116. The zero-order valence-corrected chi connectivity index (χ0v) is 14.6. The highest BCUT2D eigenvalue weighted by Gasteiger charge is 2.12. The Morgan fingerprint density at radius 1 is 1.28 bits per heavy atom. The van der Waals surface area contributed by atoms with E-state index in [1.165, 1.54) is 10.9 Å². The molecule has 1 amide bonds. The van der Waals surface area contributed by atoms with Crippen LogP contribution in [-0.2, 0) is 17.9 Å². The van der Waals surface area contributed by atoms with Crippen molar-refractivity contribution >= 4 is 22.6 Å². The van der Waals surface area contributed by atoms with Gasteiger partial charge in [-0.15, -0.1) is 0 Å². The van der Waals surface area contributed by atoms with Gasteiger partial charge in [-0.05, 0) is 24.5 Å². The highest BCUT2D eigenvalue weighted by Crippen LogP contribution is 2.12. The van der Waals surface area contributed by atoms with E-state index < -0.39 is 0 Å². The van der Waals surface area contributed by atoms with E-state index in [-0.39, 0.29) is 18.0 Å². The predicted molar refractivity (Wildman–Crippen MR) is 96.4 cm³/mol. The molecule has 25 heavy (non-hydrogen) atoms. The van der Waals surface area contributed by atoms with Gasteiger partial charge in [0, 0.05) is 12.6 Å². The fourth-order valence-corrected chi connectivity index (χ4v) is 2.72. The number of aromatic nitrogens is 4. The van der Waals surface area contributed by atoms with E-state index in [1.54, 1.807) is 23.0 Å². The van der Waals surface area contributed by atoms with Crippen molar-refractivity contribution in [3.63, 3.8) is 0 Å². The molecule has 130 valence electrons. The third-order valence-corrected chi connectivity index (χ3v) is 3.89. The Morgan fingerprint density at radius 2 is 2.08 bits per heavy atom. The van der Waals surface area contributed by atoms with E-state index in [1.807, 2.05) is 19.1 Å². The lowest BCUT2D eigenvalue weighted by Gasteiger charge is -2.12. The summed E-state index contributed by atoms with van der Waals surface area (Å²) in [6, 6.07) is 7.19. The molecule has 2 aromatic heterocycles. The van der Waals surface area contributed by atoms with Crippen LogP contribution in [0, 0.1) is 12.8 Å². The maximum atomic E-state index is 12.6. The van der Waals surface area contributed by atoms with Crippen molar-refractivity contribution in [1.29, 1.82) is 0 Å². The van der Waals surface area contributed by atoms with Crippen LogP contribution in [0.3, 0.4) is 0 Å². The summed E-state index contributed by atoms with van der Waals surface area (Å²) in [6.07, 6.45) is 3.06. The highest BCUT2D eigenvalue weighted by atomic mass is 16.2. The molecule has 2 heterocycles. The minimum Gasteiger partial charge on any atom is -0.309 e. The average molecular weight is 339 g/mol. The van der Waals surface area contributed by atoms with Gasteiger partial charge >= 0.3 is 0 Å². The quantitative estimate of drug-likeness (QED) is 0.772. The number of hydrogen-bond donors (Lipinski definition) is 1. The van der Waals surface area contributed by atoms with Crippen LogP contribution in [0.25, 0.3) is 10.9 Å². The molecular formula is C18H21N5O2. The number of anilines is 1. The first-order chi connectivity index (χ1) is 12.0. The van der Waals surface area contributed by atoms with Crippen LogP contribution in [0.15, 0.2) is 41.6 Å². The molecule has 0 saturated heterocycles. The molecular weight excluding hydrogens is 318 g/mol. The van der Waals surface area contributed by atoms with E-state index in [4.69, 9.17) is 0 Å². The molecule has 0 aliphatic carbocycles. The van der Waals surface area contributed by atoms with Gasteiger partial charge in [0.15, 0.2) is 0 Å². The van der Waals surface area contributed by atoms with E-state index >= 15 is 0 Å². The average Bonchev–Trinajstić information content (AvgIpc) is 2.97. The van der Waals surface area contributed by atoms with Gasteiger partial charge < -0.3 is 5.32 Å². The first-order valence-electron chi connectivity index (χ1n) is 8.22. The number of nitrogens with zero attached hydrogens (tertiary/aromatic N) is 4. The third-order valence-electron chi connectivity index (χ3n) is 3.89. The van der Waals surface area contributed by atoms with Crippen molar-refractivity contribution < 1.29 is 4.79 Å². The molecule has 0 atom stereocenters. The monoisotopic (exact) mass is 339 g/mol. The molecule has 0 unspecified atom stereocenters. The number of hydrogen-bond acceptors (Lipinski definition) is 4. The van der Waals surface area contributed by atoms with Crippen molar-refractivity contribution in [2.45, 2.75) is 33.9 Å². The molecule has 1 aromatic carbocycles. The molecule has 0 fully saturated rings. The highest BCUT2D eigenvalue weighted by molar-refractivity contribution is 5.90. The van der Waals surface area contributed by atoms with Crippen LogP contribution in [-0.4, -0.2) is 25.2 Å². The number of nitrogens with one attached hydrogen (secondary N) is 1. The third kappa shape index (κ3) is 3.60. The molecule has 1 N–H and O–H groups in total. The summed E-state index contributed by atoms with van der Waals surface area (Å²) in [5.74, 6) is 0.740. The topological polar surface area (TPSA) is 81.8 Å². The van der Waals surface area contributed by atoms with Gasteiger partial charge in [0.25, 0.3) is 5.56 Å². The predicted octanol–water partition coefficient (Wildman–Crippen LogP) is 2.20. The first-order valence-corrected chi connectivity index (χ1v) is 8.22. The summed E-state index contributed by atoms with van der Waals surface area (Å²) in [5, 5.41) is 7.52. The smallest absolute Gasteiger partial charge is 0.261 e. The molecule has 0 aliphatic rings. The van der Waals surface area contributed by atoms with E-state index in [2.05, 4.69) is 29.2 Å². The fraction of sp³-hybridized carbons (Fsp3) is 0.333. The number of para-hydroxylation sites is 1. The van der Waals surface area contributed by atoms with Crippen LogP contribution in [0.4, 0.5) is 5.82 Å². The van der Waals surface area contributed by atoms with Crippen molar-refractivity contribution in [3.8, 4) is 0 Å². The summed E-state index contributed by atoms with van der Waals surface area (Å²) in [6.45, 7) is 6.68. The summed E-state index contributed by atoms with van der Waals surface area (Å²) in [7, 11) is 0. The van der Waals surface area contributed by atoms with Crippen LogP contribution in [0.5, 0.6) is 0 Å². The molecule has 7 nitrogen and oxygen atoms in total. The Morgan fingerprint density at radius 3 is 2.84 bits per heavy atom. The standard InChI is InChI=1S/C18H21N5O2/c1-12(2)9-23-15(7-8-20-23)21-16(24)10-22-11-19-17-13(3)5-4-6-14(17)18(22)25/h4-8,11-12H,9-10H2,1-3H3,(H,21,24). The molecule has 0 aliphatic heterocycles. The largest absolute Gasteiger partial charge is 0.309 e. The second-order valence-corrected chi connectivity index (χ2v) is 6.49. The molecule has 0 bridgehead atoms. The summed E-state index contributed by atoms with van der Waals surface area (Å²) in [4.78, 5) is 29.2. The number of carbonyl (C=O) groups is 1. The van der Waals surface area contributed by atoms with Gasteiger partial charge in [-0.3, -0.25) is 14.2 Å². The van der Waals surface area contributed by atoms with E-state index in [0.717, 1.165) is 5.56 Å². The molecule has 0 radical (unpaired) electrons. The van der Waals surface area contributed by atoms with Crippen molar-refractivity contribution in [3.05, 3.63) is 52.7 Å². The normalized spacial score (nSPS) is 11.2. The Balaban J connectivity index is 1.80. The van der Waals surface area contributed by atoms with Crippen LogP contribution < -0.4 is 10.9 Å². The Labute approximate surface area is 145 Å². The van der Waals surface area contributed by atoms with Gasteiger partial charge in [0.1, 0.15) is 12.4 Å². The summed E-state index contributed by atoms with van der Waals surface area (Å²) >= 11 is 0. The van der Waals surface area contributed by atoms with Gasteiger partial charge in [0.05, 0.1) is 23.4 Å². The second-order valence-electron chi connectivity index (χ2n) is 6.49. The van der Waals surface area contributed by atoms with E-state index in [9.17, 15) is 9.59 Å². The maximum Gasteiger partial charge on any atom is 0.261 e. The number of carbonyl (C=O) groups excluding carboxylic acids is 1. The number of aryl methyl sites for hydroxylation is 1. The van der Waals surface area contributed by atoms with Gasteiger partial charge in [-0.25, -0.2) is 9.67 Å². The van der Waals surface area contributed by atoms with Gasteiger partial charge in [-0.2, -0.15) is 5.10 Å². The second kappa shape index (κ2) is 6.88. The number of rotatable bonds is 5. The Hall–Kier alpha value is -2.96. The molecule has 7 heteroatoms. The molecule has 0 spiro atoms. The minimum absolute atomic E-state index is 0.0947. The minimum atomic E-state index is -0.290. The van der Waals surface area contributed by atoms with Gasteiger partial charge in [-0.1, -0.05) is 26.0 Å². The lowest BCUT2D eigenvalue weighted by atomic mass is 10.1. The van der Waals surface area contributed by atoms with Crippen molar-refractivity contribution in [2.75, 3.05) is 5.32 Å².